The molecule has 0 bridgehead atoms. The first-order chi connectivity index (χ1) is 5.24. The number of benzene rings is 1. The second-order valence-corrected chi connectivity index (χ2v) is 2.59. The van der Waals surface area contributed by atoms with Gasteiger partial charge in [-0.25, -0.2) is 4.39 Å². The number of nitrogens with two attached hydrogens (primary N) is 1. The van der Waals surface area contributed by atoms with Gasteiger partial charge in [-0.3, -0.25) is 0 Å². The SMILES string of the molecule is CCCc1cc(F)ccc1N.N. The molecule has 0 heterocycles. The third kappa shape index (κ3) is 2.51. The topological polar surface area (TPSA) is 61.0 Å². The van der Waals surface area contributed by atoms with Crippen LogP contribution in [0.5, 0.6) is 0 Å². The maximum absolute atomic E-state index is 12.6. The summed E-state index contributed by atoms with van der Waals surface area (Å²) < 4.78 is 12.6. The minimum Gasteiger partial charge on any atom is -0.399 e. The van der Waals surface area contributed by atoms with E-state index in [1.165, 1.54) is 12.1 Å². The molecule has 3 heteroatoms. The van der Waals surface area contributed by atoms with Gasteiger partial charge in [0.2, 0.25) is 0 Å². The number of rotatable bonds is 2. The third-order valence-corrected chi connectivity index (χ3v) is 1.62. The van der Waals surface area contributed by atoms with E-state index in [1.807, 2.05) is 6.92 Å². The summed E-state index contributed by atoms with van der Waals surface area (Å²) in [5, 5.41) is 0. The Morgan fingerprint density at radius 3 is 2.67 bits per heavy atom. The van der Waals surface area contributed by atoms with Crippen molar-refractivity contribution in [2.75, 3.05) is 5.73 Å². The van der Waals surface area contributed by atoms with Crippen LogP contribution in [0.25, 0.3) is 0 Å². The summed E-state index contributed by atoms with van der Waals surface area (Å²) in [6.45, 7) is 2.05. The highest BCUT2D eigenvalue weighted by Crippen LogP contribution is 2.14. The van der Waals surface area contributed by atoms with E-state index in [0.717, 1.165) is 18.4 Å². The Hall–Kier alpha value is -1.09. The van der Waals surface area contributed by atoms with Gasteiger partial charge >= 0.3 is 0 Å². The molecule has 5 N–H and O–H groups in total. The molecule has 0 saturated carbocycles. The fourth-order valence-corrected chi connectivity index (χ4v) is 1.06. The Bertz CT molecular complexity index is 248. The molecule has 0 saturated heterocycles. The van der Waals surface area contributed by atoms with Gasteiger partial charge in [0, 0.05) is 5.69 Å². The van der Waals surface area contributed by atoms with E-state index in [0.29, 0.717) is 5.69 Å². The highest BCUT2D eigenvalue weighted by molar-refractivity contribution is 5.46. The summed E-state index contributed by atoms with van der Waals surface area (Å²) in [4.78, 5) is 0. The van der Waals surface area contributed by atoms with E-state index >= 15 is 0 Å². The zero-order valence-corrected chi connectivity index (χ0v) is 7.31. The lowest BCUT2D eigenvalue weighted by Gasteiger charge is -2.02. The van der Waals surface area contributed by atoms with Crippen LogP contribution in [-0.2, 0) is 6.42 Å². The monoisotopic (exact) mass is 170 g/mol. The molecule has 0 unspecified atom stereocenters. The van der Waals surface area contributed by atoms with Gasteiger partial charge in [0.15, 0.2) is 0 Å². The van der Waals surface area contributed by atoms with Crippen molar-refractivity contribution in [3.8, 4) is 0 Å². The Balaban J connectivity index is 0.00000121. The molecule has 0 aliphatic rings. The maximum Gasteiger partial charge on any atom is 0.123 e. The minimum atomic E-state index is -0.206. The summed E-state index contributed by atoms with van der Waals surface area (Å²) in [6.07, 6.45) is 1.84. The van der Waals surface area contributed by atoms with E-state index in [-0.39, 0.29) is 12.0 Å². The summed E-state index contributed by atoms with van der Waals surface area (Å²) in [7, 11) is 0. The maximum atomic E-state index is 12.6. The van der Waals surface area contributed by atoms with Crippen LogP contribution in [0.4, 0.5) is 10.1 Å². The van der Waals surface area contributed by atoms with Gasteiger partial charge < -0.3 is 11.9 Å². The highest BCUT2D eigenvalue weighted by Gasteiger charge is 1.98. The minimum absolute atomic E-state index is 0. The van der Waals surface area contributed by atoms with Crippen molar-refractivity contribution in [2.45, 2.75) is 19.8 Å². The van der Waals surface area contributed by atoms with Gasteiger partial charge in [-0.15, -0.1) is 0 Å². The van der Waals surface area contributed by atoms with Gasteiger partial charge in [-0.05, 0) is 30.2 Å². The predicted octanol–water partition coefficient (Wildman–Crippen LogP) is 2.52. The first-order valence-corrected chi connectivity index (χ1v) is 3.78. The van der Waals surface area contributed by atoms with Crippen molar-refractivity contribution < 1.29 is 4.39 Å². The van der Waals surface area contributed by atoms with Crippen LogP contribution in [0.2, 0.25) is 0 Å². The molecule has 0 amide bonds. The van der Waals surface area contributed by atoms with E-state index in [9.17, 15) is 4.39 Å². The molecule has 0 spiro atoms. The summed E-state index contributed by atoms with van der Waals surface area (Å²) in [5.41, 5.74) is 7.21. The fourth-order valence-electron chi connectivity index (χ4n) is 1.06. The largest absolute Gasteiger partial charge is 0.399 e. The van der Waals surface area contributed by atoms with Crippen molar-refractivity contribution >= 4 is 5.69 Å². The van der Waals surface area contributed by atoms with Crippen LogP contribution in [0.1, 0.15) is 18.9 Å². The van der Waals surface area contributed by atoms with Gasteiger partial charge in [-0.1, -0.05) is 13.3 Å². The van der Waals surface area contributed by atoms with Crippen molar-refractivity contribution in [3.05, 3.63) is 29.6 Å². The van der Waals surface area contributed by atoms with Crippen LogP contribution in [-0.4, -0.2) is 0 Å². The lowest BCUT2D eigenvalue weighted by molar-refractivity contribution is 0.625. The molecule has 0 radical (unpaired) electrons. The first-order valence-electron chi connectivity index (χ1n) is 3.78. The quantitative estimate of drug-likeness (QED) is 0.670. The molecule has 0 aromatic heterocycles. The molecule has 0 aliphatic heterocycles. The normalized spacial score (nSPS) is 9.17. The van der Waals surface area contributed by atoms with Crippen molar-refractivity contribution in [3.63, 3.8) is 0 Å². The van der Waals surface area contributed by atoms with E-state index in [2.05, 4.69) is 0 Å². The zero-order chi connectivity index (χ0) is 8.27. The number of anilines is 1. The average molecular weight is 170 g/mol. The van der Waals surface area contributed by atoms with E-state index in [1.54, 1.807) is 6.07 Å². The number of aryl methyl sites for hydroxylation is 1. The fraction of sp³-hybridized carbons (Fsp3) is 0.333. The Morgan fingerprint density at radius 1 is 1.42 bits per heavy atom. The van der Waals surface area contributed by atoms with Crippen LogP contribution in [0, 0.1) is 5.82 Å². The predicted molar refractivity (Wildman–Crippen MR) is 49.8 cm³/mol. The summed E-state index contributed by atoms with van der Waals surface area (Å²) in [6, 6.07) is 4.49. The second kappa shape index (κ2) is 4.72. The molecule has 0 atom stereocenters. The lowest BCUT2D eigenvalue weighted by atomic mass is 10.1. The molecule has 0 fully saturated rings. The standard InChI is InChI=1S/C9H12FN.H3N/c1-2-3-7-6-8(10)4-5-9(7)11;/h4-6H,2-3,11H2,1H3;1H3. The number of nitrogen functional groups attached to an aromatic ring is 1. The van der Waals surface area contributed by atoms with Crippen molar-refractivity contribution in [1.29, 1.82) is 0 Å². The Morgan fingerprint density at radius 2 is 2.08 bits per heavy atom. The molecule has 12 heavy (non-hydrogen) atoms. The molecule has 68 valence electrons. The number of hydrogen-bond acceptors (Lipinski definition) is 2. The van der Waals surface area contributed by atoms with Crippen molar-refractivity contribution in [2.24, 2.45) is 0 Å². The summed E-state index contributed by atoms with van der Waals surface area (Å²) >= 11 is 0. The third-order valence-electron chi connectivity index (χ3n) is 1.62. The van der Waals surface area contributed by atoms with Gasteiger partial charge in [0.25, 0.3) is 0 Å². The molecule has 1 rings (SSSR count). The Kier molecular flexibility index (Phi) is 4.29. The van der Waals surface area contributed by atoms with Crippen LogP contribution >= 0.6 is 0 Å². The molecular formula is C9H15FN2. The molecular weight excluding hydrogens is 155 g/mol. The van der Waals surface area contributed by atoms with Gasteiger partial charge in [0.05, 0.1) is 0 Å². The zero-order valence-electron chi connectivity index (χ0n) is 7.31. The van der Waals surface area contributed by atoms with E-state index in [4.69, 9.17) is 5.73 Å². The van der Waals surface area contributed by atoms with Crippen LogP contribution in [0.3, 0.4) is 0 Å². The van der Waals surface area contributed by atoms with E-state index < -0.39 is 0 Å². The van der Waals surface area contributed by atoms with Gasteiger partial charge in [0.1, 0.15) is 5.82 Å². The molecule has 1 aromatic rings. The molecule has 2 nitrogen and oxygen atoms in total. The Labute approximate surface area is 72.2 Å². The smallest absolute Gasteiger partial charge is 0.123 e. The molecule has 1 aromatic carbocycles. The average Bonchev–Trinajstić information content (AvgIpc) is 1.98. The number of hydrogen-bond donors (Lipinski definition) is 2. The van der Waals surface area contributed by atoms with Gasteiger partial charge in [-0.2, -0.15) is 0 Å². The highest BCUT2D eigenvalue weighted by atomic mass is 19.1. The van der Waals surface area contributed by atoms with Crippen molar-refractivity contribution in [1.82, 2.24) is 6.15 Å². The molecule has 0 aliphatic carbocycles. The summed E-state index contributed by atoms with van der Waals surface area (Å²) in [5.74, 6) is -0.206. The van der Waals surface area contributed by atoms with Crippen LogP contribution in [0.15, 0.2) is 18.2 Å². The van der Waals surface area contributed by atoms with Crippen LogP contribution < -0.4 is 11.9 Å². The lowest BCUT2D eigenvalue weighted by Crippen LogP contribution is -1.94. The first kappa shape index (κ1) is 10.9. The second-order valence-electron chi connectivity index (χ2n) is 2.59. The number of halogens is 1.